The summed E-state index contributed by atoms with van der Waals surface area (Å²) in [7, 11) is -4.37. The van der Waals surface area contributed by atoms with E-state index in [1.54, 1.807) is 0 Å². The second kappa shape index (κ2) is 7.52. The Balaban J connectivity index is 2.54. The number of carboxylic acids is 1. The van der Waals surface area contributed by atoms with Crippen LogP contribution in [0.5, 0.6) is 0 Å². The average Bonchev–Trinajstić information content (AvgIpc) is 2.56. The highest BCUT2D eigenvalue weighted by Crippen LogP contribution is 2.29. The summed E-state index contributed by atoms with van der Waals surface area (Å²) < 4.78 is 40.6. The molecule has 0 bridgehead atoms. The lowest BCUT2D eigenvalue weighted by molar-refractivity contribution is -0.137. The lowest BCUT2D eigenvalue weighted by atomic mass is 10.2. The molecule has 138 valence electrons. The van der Waals surface area contributed by atoms with Crippen LogP contribution >= 0.6 is 0 Å². The fourth-order valence-corrected chi connectivity index (χ4v) is 3.92. The standard InChI is InChI=1S/C17H17FN2O5S/c1-11(17(22)23)20(16-6-4-3-5-15(16)18)26(24,25)14-9-7-13(8-10-14)19-12(2)21/h3-11H,1-2H3,(H,19,21)(H,22,23). The minimum atomic E-state index is -4.37. The third kappa shape index (κ3) is 3.99. The number of amides is 1. The smallest absolute Gasteiger partial charge is 0.327 e. The number of hydrogen-bond donors (Lipinski definition) is 2. The van der Waals surface area contributed by atoms with Crippen molar-refractivity contribution in [2.24, 2.45) is 0 Å². The highest BCUT2D eigenvalue weighted by Gasteiger charge is 2.34. The summed E-state index contributed by atoms with van der Waals surface area (Å²) in [6.07, 6.45) is 0. The SMILES string of the molecule is CC(=O)Nc1ccc(S(=O)(=O)N(c2ccccc2F)C(C)C(=O)O)cc1. The normalized spacial score (nSPS) is 12.3. The quantitative estimate of drug-likeness (QED) is 0.801. The molecule has 0 aliphatic carbocycles. The van der Waals surface area contributed by atoms with E-state index in [0.29, 0.717) is 9.99 Å². The summed E-state index contributed by atoms with van der Waals surface area (Å²) in [5.74, 6) is -2.61. The number of aliphatic carboxylic acids is 1. The van der Waals surface area contributed by atoms with Crippen LogP contribution in [-0.4, -0.2) is 31.4 Å². The number of benzene rings is 2. The Kier molecular flexibility index (Phi) is 5.61. The molecule has 2 rings (SSSR count). The maximum atomic E-state index is 14.2. The molecule has 0 aliphatic rings. The number of carboxylic acid groups (broad SMARTS) is 1. The number of nitrogens with one attached hydrogen (secondary N) is 1. The predicted octanol–water partition coefficient (Wildman–Crippen LogP) is 2.45. The summed E-state index contributed by atoms with van der Waals surface area (Å²) in [6.45, 7) is 2.46. The molecule has 9 heteroatoms. The third-order valence-electron chi connectivity index (χ3n) is 3.53. The molecule has 2 N–H and O–H groups in total. The molecule has 0 spiro atoms. The molecule has 7 nitrogen and oxygen atoms in total. The molecule has 0 fully saturated rings. The van der Waals surface area contributed by atoms with Crippen LogP contribution in [0.15, 0.2) is 53.4 Å². The Hall–Kier alpha value is -2.94. The van der Waals surface area contributed by atoms with Crippen molar-refractivity contribution < 1.29 is 27.5 Å². The Bertz CT molecular complexity index is 928. The van der Waals surface area contributed by atoms with Gasteiger partial charge in [0.2, 0.25) is 5.91 Å². The van der Waals surface area contributed by atoms with E-state index < -0.39 is 27.9 Å². The molecule has 2 aromatic carbocycles. The lowest BCUT2D eigenvalue weighted by Gasteiger charge is -2.28. The molecule has 0 aromatic heterocycles. The van der Waals surface area contributed by atoms with Crippen LogP contribution in [0, 0.1) is 5.82 Å². The minimum absolute atomic E-state index is 0.233. The van der Waals surface area contributed by atoms with E-state index in [2.05, 4.69) is 5.32 Å². The first-order chi connectivity index (χ1) is 12.1. The summed E-state index contributed by atoms with van der Waals surface area (Å²) in [6, 6.07) is 8.63. The molecule has 1 amide bonds. The topological polar surface area (TPSA) is 104 Å². The Labute approximate surface area is 150 Å². The maximum Gasteiger partial charge on any atom is 0.327 e. The lowest BCUT2D eigenvalue weighted by Crippen LogP contribution is -2.43. The number of anilines is 2. The van der Waals surface area contributed by atoms with Crippen molar-refractivity contribution >= 4 is 33.3 Å². The second-order valence-corrected chi connectivity index (χ2v) is 7.29. The largest absolute Gasteiger partial charge is 0.480 e. The molecule has 2 aromatic rings. The van der Waals surface area contributed by atoms with Gasteiger partial charge in [0.05, 0.1) is 10.6 Å². The van der Waals surface area contributed by atoms with Gasteiger partial charge in [0.15, 0.2) is 0 Å². The molecular formula is C17H17FN2O5S. The number of rotatable bonds is 6. The Morgan fingerprint density at radius 2 is 1.69 bits per heavy atom. The van der Waals surface area contributed by atoms with Gasteiger partial charge in [-0.2, -0.15) is 0 Å². The molecule has 0 heterocycles. The number of halogens is 1. The van der Waals surface area contributed by atoms with Gasteiger partial charge in [0, 0.05) is 12.6 Å². The zero-order chi connectivity index (χ0) is 19.5. The highest BCUT2D eigenvalue weighted by molar-refractivity contribution is 7.92. The molecule has 26 heavy (non-hydrogen) atoms. The summed E-state index contributed by atoms with van der Waals surface area (Å²) in [5, 5.41) is 11.8. The van der Waals surface area contributed by atoms with Crippen LogP contribution in [0.4, 0.5) is 15.8 Å². The average molecular weight is 380 g/mol. The fraction of sp³-hybridized carbons (Fsp3) is 0.176. The van der Waals surface area contributed by atoms with E-state index in [4.69, 9.17) is 0 Å². The van der Waals surface area contributed by atoms with E-state index >= 15 is 0 Å². The van der Waals surface area contributed by atoms with Gasteiger partial charge in [-0.15, -0.1) is 0 Å². The summed E-state index contributed by atoms with van der Waals surface area (Å²) >= 11 is 0. The van der Waals surface area contributed by atoms with Gasteiger partial charge < -0.3 is 10.4 Å². The number of hydrogen-bond acceptors (Lipinski definition) is 4. The number of sulfonamides is 1. The summed E-state index contributed by atoms with van der Waals surface area (Å²) in [4.78, 5) is 22.2. The Morgan fingerprint density at radius 1 is 1.12 bits per heavy atom. The molecular weight excluding hydrogens is 363 g/mol. The van der Waals surface area contributed by atoms with E-state index in [9.17, 15) is 27.5 Å². The van der Waals surface area contributed by atoms with Crippen LogP contribution in [-0.2, 0) is 19.6 Å². The van der Waals surface area contributed by atoms with E-state index in [1.807, 2.05) is 0 Å². The van der Waals surface area contributed by atoms with E-state index in [1.165, 1.54) is 49.4 Å². The van der Waals surface area contributed by atoms with Gasteiger partial charge in [0.1, 0.15) is 11.9 Å². The van der Waals surface area contributed by atoms with Crippen molar-refractivity contribution in [1.82, 2.24) is 0 Å². The fourth-order valence-electron chi connectivity index (χ4n) is 2.30. The number of nitrogens with zero attached hydrogens (tertiary/aromatic N) is 1. The van der Waals surface area contributed by atoms with Crippen LogP contribution in [0.2, 0.25) is 0 Å². The number of carbonyl (C=O) groups is 2. The summed E-state index contributed by atoms with van der Waals surface area (Å²) in [5.41, 5.74) is 0.00788. The predicted molar refractivity (Wildman–Crippen MR) is 93.9 cm³/mol. The van der Waals surface area contributed by atoms with E-state index in [0.717, 1.165) is 13.0 Å². The van der Waals surface area contributed by atoms with Crippen LogP contribution in [0.25, 0.3) is 0 Å². The second-order valence-electron chi connectivity index (χ2n) is 5.47. The van der Waals surface area contributed by atoms with Crippen molar-refractivity contribution in [3.05, 3.63) is 54.3 Å². The monoisotopic (exact) mass is 380 g/mol. The van der Waals surface area contributed by atoms with E-state index in [-0.39, 0.29) is 16.5 Å². The van der Waals surface area contributed by atoms with Crippen molar-refractivity contribution in [3.63, 3.8) is 0 Å². The first-order valence-electron chi connectivity index (χ1n) is 7.54. The molecule has 0 aliphatic heterocycles. The van der Waals surface area contributed by atoms with Gasteiger partial charge in [-0.3, -0.25) is 4.79 Å². The number of carbonyl (C=O) groups excluding carboxylic acids is 1. The number of para-hydroxylation sites is 1. The van der Waals surface area contributed by atoms with Crippen molar-refractivity contribution in [2.75, 3.05) is 9.62 Å². The van der Waals surface area contributed by atoms with Crippen LogP contribution in [0.3, 0.4) is 0 Å². The molecule has 0 radical (unpaired) electrons. The molecule has 0 saturated heterocycles. The van der Waals surface area contributed by atoms with Crippen LogP contribution < -0.4 is 9.62 Å². The zero-order valence-corrected chi connectivity index (χ0v) is 14.8. The van der Waals surface area contributed by atoms with Crippen LogP contribution in [0.1, 0.15) is 13.8 Å². The first-order valence-corrected chi connectivity index (χ1v) is 8.98. The first kappa shape index (κ1) is 19.4. The van der Waals surface area contributed by atoms with Crippen molar-refractivity contribution in [3.8, 4) is 0 Å². The van der Waals surface area contributed by atoms with Gasteiger partial charge in [-0.05, 0) is 43.3 Å². The molecule has 0 saturated carbocycles. The third-order valence-corrected chi connectivity index (χ3v) is 5.43. The maximum absolute atomic E-state index is 14.2. The molecule has 1 atom stereocenters. The van der Waals surface area contributed by atoms with Gasteiger partial charge in [-0.1, -0.05) is 12.1 Å². The Morgan fingerprint density at radius 3 is 2.19 bits per heavy atom. The van der Waals surface area contributed by atoms with Gasteiger partial charge in [-0.25, -0.2) is 21.9 Å². The van der Waals surface area contributed by atoms with Crippen molar-refractivity contribution in [2.45, 2.75) is 24.8 Å². The molecule has 1 unspecified atom stereocenters. The van der Waals surface area contributed by atoms with Gasteiger partial charge in [0.25, 0.3) is 10.0 Å². The zero-order valence-electron chi connectivity index (χ0n) is 14.0. The minimum Gasteiger partial charge on any atom is -0.480 e. The highest BCUT2D eigenvalue weighted by atomic mass is 32.2. The van der Waals surface area contributed by atoms with Gasteiger partial charge >= 0.3 is 5.97 Å². The van der Waals surface area contributed by atoms with Crippen molar-refractivity contribution in [1.29, 1.82) is 0 Å².